The minimum atomic E-state index is -0.241. The van der Waals surface area contributed by atoms with Gasteiger partial charge in [-0.2, -0.15) is 5.10 Å². The third kappa shape index (κ3) is 2.69. The van der Waals surface area contributed by atoms with E-state index in [4.69, 9.17) is 5.73 Å². The van der Waals surface area contributed by atoms with Crippen molar-refractivity contribution in [3.05, 3.63) is 78.0 Å². The molecule has 0 unspecified atom stereocenters. The van der Waals surface area contributed by atoms with E-state index in [1.807, 2.05) is 18.2 Å². The summed E-state index contributed by atoms with van der Waals surface area (Å²) >= 11 is 0. The molecule has 0 saturated carbocycles. The second-order valence-corrected chi connectivity index (χ2v) is 5.51. The molecule has 0 aliphatic rings. The molecule has 4 rings (SSSR count). The third-order valence-electron chi connectivity index (χ3n) is 3.80. The number of nitrogen functional groups attached to an aromatic ring is 1. The van der Waals surface area contributed by atoms with Crippen LogP contribution in [0.3, 0.4) is 0 Å². The van der Waals surface area contributed by atoms with Crippen LogP contribution in [-0.4, -0.2) is 19.6 Å². The molecule has 0 fully saturated rings. The molecule has 6 heteroatoms. The van der Waals surface area contributed by atoms with E-state index in [0.717, 1.165) is 28.2 Å². The van der Waals surface area contributed by atoms with Crippen molar-refractivity contribution in [2.24, 2.45) is 0 Å². The van der Waals surface area contributed by atoms with E-state index in [0.29, 0.717) is 12.2 Å². The Morgan fingerprint density at radius 3 is 2.50 bits per heavy atom. The van der Waals surface area contributed by atoms with Crippen molar-refractivity contribution in [1.29, 1.82) is 0 Å². The zero-order chi connectivity index (χ0) is 16.5. The number of benzene rings is 1. The molecule has 0 aliphatic heterocycles. The Kier molecular flexibility index (Phi) is 3.42. The van der Waals surface area contributed by atoms with E-state index >= 15 is 0 Å². The van der Waals surface area contributed by atoms with Crippen LogP contribution in [0.2, 0.25) is 0 Å². The van der Waals surface area contributed by atoms with Gasteiger partial charge in [-0.15, -0.1) is 0 Å². The average Bonchev–Trinajstić information content (AvgIpc) is 3.01. The van der Waals surface area contributed by atoms with Crippen LogP contribution in [0.25, 0.3) is 16.9 Å². The number of hydrogen-bond donors (Lipinski definition) is 1. The maximum atomic E-state index is 13.0. The molecule has 118 valence electrons. The molecule has 0 atom stereocenters. The van der Waals surface area contributed by atoms with Crippen LogP contribution in [0.5, 0.6) is 0 Å². The zero-order valence-corrected chi connectivity index (χ0v) is 12.7. The Hall–Kier alpha value is -3.28. The number of fused-ring (bicyclic) bond motifs is 1. The highest BCUT2D eigenvalue weighted by molar-refractivity contribution is 5.63. The first-order chi connectivity index (χ1) is 11.7. The SMILES string of the molecule is Nc1ccc(-c2cnc3ccc(Cc4ccc(F)cc4)nn23)cn1. The molecule has 3 aromatic heterocycles. The second kappa shape index (κ2) is 5.73. The minimum Gasteiger partial charge on any atom is -0.384 e. The second-order valence-electron chi connectivity index (χ2n) is 5.51. The highest BCUT2D eigenvalue weighted by Gasteiger charge is 2.09. The lowest BCUT2D eigenvalue weighted by molar-refractivity contribution is 0.627. The first-order valence-electron chi connectivity index (χ1n) is 7.49. The van der Waals surface area contributed by atoms with E-state index in [-0.39, 0.29) is 5.82 Å². The highest BCUT2D eigenvalue weighted by atomic mass is 19.1. The van der Waals surface area contributed by atoms with Crippen molar-refractivity contribution < 1.29 is 4.39 Å². The molecular formula is C18H14FN5. The fraction of sp³-hybridized carbons (Fsp3) is 0.0556. The van der Waals surface area contributed by atoms with Crippen molar-refractivity contribution in [2.45, 2.75) is 6.42 Å². The Morgan fingerprint density at radius 2 is 1.75 bits per heavy atom. The van der Waals surface area contributed by atoms with Crippen LogP contribution in [0.4, 0.5) is 10.2 Å². The lowest BCUT2D eigenvalue weighted by Gasteiger charge is -2.05. The van der Waals surface area contributed by atoms with Gasteiger partial charge in [0.25, 0.3) is 0 Å². The zero-order valence-electron chi connectivity index (χ0n) is 12.7. The third-order valence-corrected chi connectivity index (χ3v) is 3.80. The molecule has 4 aromatic rings. The number of imidazole rings is 1. The highest BCUT2D eigenvalue weighted by Crippen LogP contribution is 2.20. The number of nitrogens with zero attached hydrogens (tertiary/aromatic N) is 4. The van der Waals surface area contributed by atoms with Gasteiger partial charge in [0.2, 0.25) is 0 Å². The smallest absolute Gasteiger partial charge is 0.154 e. The molecular weight excluding hydrogens is 305 g/mol. The van der Waals surface area contributed by atoms with Gasteiger partial charge < -0.3 is 5.73 Å². The van der Waals surface area contributed by atoms with Gasteiger partial charge in [-0.05, 0) is 42.0 Å². The summed E-state index contributed by atoms with van der Waals surface area (Å²) in [5.41, 5.74) is 10.0. The Morgan fingerprint density at radius 1 is 0.917 bits per heavy atom. The number of anilines is 1. The van der Waals surface area contributed by atoms with Crippen molar-refractivity contribution in [1.82, 2.24) is 19.6 Å². The summed E-state index contributed by atoms with van der Waals surface area (Å²) in [6.07, 6.45) is 4.08. The largest absolute Gasteiger partial charge is 0.384 e. The van der Waals surface area contributed by atoms with Gasteiger partial charge in [-0.1, -0.05) is 12.1 Å². The molecule has 2 N–H and O–H groups in total. The van der Waals surface area contributed by atoms with Crippen LogP contribution in [-0.2, 0) is 6.42 Å². The molecule has 1 aromatic carbocycles. The van der Waals surface area contributed by atoms with E-state index in [9.17, 15) is 4.39 Å². The Labute approximate surface area is 137 Å². The molecule has 0 bridgehead atoms. The normalized spacial score (nSPS) is 11.0. The quantitative estimate of drug-likeness (QED) is 0.630. The monoisotopic (exact) mass is 319 g/mol. The lowest BCUT2D eigenvalue weighted by atomic mass is 10.1. The van der Waals surface area contributed by atoms with E-state index in [1.54, 1.807) is 35.1 Å². The number of halogens is 1. The first kappa shape index (κ1) is 14.3. The van der Waals surface area contributed by atoms with Crippen molar-refractivity contribution in [3.63, 3.8) is 0 Å². The van der Waals surface area contributed by atoms with Crippen LogP contribution < -0.4 is 5.73 Å². The summed E-state index contributed by atoms with van der Waals surface area (Å²) in [5, 5.41) is 4.65. The van der Waals surface area contributed by atoms with Gasteiger partial charge in [0, 0.05) is 18.2 Å². The summed E-state index contributed by atoms with van der Waals surface area (Å²) in [6, 6.07) is 13.9. The average molecular weight is 319 g/mol. The fourth-order valence-electron chi connectivity index (χ4n) is 2.57. The van der Waals surface area contributed by atoms with Crippen LogP contribution in [0.15, 0.2) is 60.9 Å². The molecule has 0 amide bonds. The minimum absolute atomic E-state index is 0.241. The van der Waals surface area contributed by atoms with Gasteiger partial charge in [0.15, 0.2) is 5.65 Å². The summed E-state index contributed by atoms with van der Waals surface area (Å²) in [5.74, 6) is 0.229. The van der Waals surface area contributed by atoms with Gasteiger partial charge in [-0.25, -0.2) is 18.9 Å². The van der Waals surface area contributed by atoms with Gasteiger partial charge in [0.1, 0.15) is 11.6 Å². The van der Waals surface area contributed by atoms with E-state index < -0.39 is 0 Å². The summed E-state index contributed by atoms with van der Waals surface area (Å²) < 4.78 is 14.8. The van der Waals surface area contributed by atoms with Crippen LogP contribution in [0, 0.1) is 5.82 Å². The maximum absolute atomic E-state index is 13.0. The molecule has 0 saturated heterocycles. The summed E-state index contributed by atoms with van der Waals surface area (Å²) in [6.45, 7) is 0. The van der Waals surface area contributed by atoms with E-state index in [2.05, 4.69) is 15.1 Å². The molecule has 0 aliphatic carbocycles. The van der Waals surface area contributed by atoms with Crippen molar-refractivity contribution in [3.8, 4) is 11.3 Å². The molecule has 0 spiro atoms. The van der Waals surface area contributed by atoms with Crippen LogP contribution >= 0.6 is 0 Å². The first-order valence-corrected chi connectivity index (χ1v) is 7.49. The predicted molar refractivity (Wildman–Crippen MR) is 89.8 cm³/mol. The molecule has 24 heavy (non-hydrogen) atoms. The van der Waals surface area contributed by atoms with Crippen molar-refractivity contribution >= 4 is 11.5 Å². The Bertz CT molecular complexity index is 990. The van der Waals surface area contributed by atoms with Crippen LogP contribution in [0.1, 0.15) is 11.3 Å². The fourth-order valence-corrected chi connectivity index (χ4v) is 2.57. The van der Waals surface area contributed by atoms with Gasteiger partial charge in [0.05, 0.1) is 17.6 Å². The Balaban J connectivity index is 1.72. The number of hydrogen-bond acceptors (Lipinski definition) is 4. The maximum Gasteiger partial charge on any atom is 0.154 e. The van der Waals surface area contributed by atoms with Gasteiger partial charge in [-0.3, -0.25) is 0 Å². The number of rotatable bonds is 3. The molecule has 3 heterocycles. The molecule has 5 nitrogen and oxygen atoms in total. The topological polar surface area (TPSA) is 69.1 Å². The summed E-state index contributed by atoms with van der Waals surface area (Å²) in [7, 11) is 0. The number of nitrogens with two attached hydrogens (primary N) is 1. The van der Waals surface area contributed by atoms with Crippen molar-refractivity contribution in [2.75, 3.05) is 5.73 Å². The summed E-state index contributed by atoms with van der Waals surface area (Å²) in [4.78, 5) is 8.48. The standard InChI is InChI=1S/C18H14FN5/c19-14-4-1-12(2-5-14)9-15-6-8-18-22-11-16(24(18)23-15)13-3-7-17(20)21-10-13/h1-8,10-11H,9H2,(H2,20,21). The van der Waals surface area contributed by atoms with Gasteiger partial charge >= 0.3 is 0 Å². The lowest BCUT2D eigenvalue weighted by Crippen LogP contribution is -2.01. The molecule has 0 radical (unpaired) electrons. The number of pyridine rings is 1. The van der Waals surface area contributed by atoms with E-state index in [1.165, 1.54) is 12.1 Å². The predicted octanol–water partition coefficient (Wildman–Crippen LogP) is 3.10. The number of aromatic nitrogens is 4.